The molecule has 3 nitrogen and oxygen atoms in total. The smallest absolute Gasteiger partial charge is 0.145 e. The summed E-state index contributed by atoms with van der Waals surface area (Å²) < 4.78 is 12.9. The topological polar surface area (TPSA) is 46.3 Å². The number of hydrogen-bond donors (Lipinski definition) is 1. The number of rotatable bonds is 2. The van der Waals surface area contributed by atoms with E-state index < -0.39 is 7.29 Å². The van der Waals surface area contributed by atoms with Crippen molar-refractivity contribution in [3.63, 3.8) is 0 Å². The van der Waals surface area contributed by atoms with E-state index in [1.165, 1.54) is 0 Å². The fraction of sp³-hybridized carbons (Fsp3) is 1.00. The molecule has 9 heavy (non-hydrogen) atoms. The second kappa shape index (κ2) is 2.82. The summed E-state index contributed by atoms with van der Waals surface area (Å²) >= 11 is 0. The molecule has 1 atom stereocenters. The molecular formula is C5H15N2OP. The second-order valence-corrected chi connectivity index (χ2v) is 5.83. The summed E-state index contributed by atoms with van der Waals surface area (Å²) in [6.45, 7) is 5.23. The van der Waals surface area contributed by atoms with Crippen LogP contribution in [0.4, 0.5) is 0 Å². The lowest BCUT2D eigenvalue weighted by Gasteiger charge is -2.24. The largest absolute Gasteiger partial charge is 0.316 e. The van der Waals surface area contributed by atoms with Crippen LogP contribution in [0.2, 0.25) is 0 Å². The van der Waals surface area contributed by atoms with Gasteiger partial charge in [-0.2, -0.15) is 0 Å². The third-order valence-corrected chi connectivity index (χ3v) is 3.23. The third kappa shape index (κ3) is 2.99. The lowest BCUT2D eigenvalue weighted by atomic mass is 10.6. The molecule has 0 amide bonds. The maximum atomic E-state index is 11.2. The molecule has 0 aromatic carbocycles. The summed E-state index contributed by atoms with van der Waals surface area (Å²) in [7, 11) is -0.335. The molecule has 0 heterocycles. The van der Waals surface area contributed by atoms with Gasteiger partial charge in [-0.1, -0.05) is 0 Å². The average Bonchev–Trinajstić information content (AvgIpc) is 1.62. The highest BCUT2D eigenvalue weighted by molar-refractivity contribution is 7.59. The molecule has 56 valence electrons. The second-order valence-electron chi connectivity index (χ2n) is 2.61. The Kier molecular flexibility index (Phi) is 2.87. The zero-order chi connectivity index (χ0) is 7.65. The lowest BCUT2D eigenvalue weighted by molar-refractivity contribution is 0.402. The lowest BCUT2D eigenvalue weighted by Crippen LogP contribution is -2.33. The summed E-state index contributed by atoms with van der Waals surface area (Å²) in [5, 5.41) is 0. The zero-order valence-corrected chi connectivity index (χ0v) is 7.35. The predicted octanol–water partition coefficient (Wildman–Crippen LogP) is 0.761. The molecule has 0 fully saturated rings. The predicted molar refractivity (Wildman–Crippen MR) is 40.9 cm³/mol. The first kappa shape index (κ1) is 9.15. The van der Waals surface area contributed by atoms with Crippen molar-refractivity contribution >= 4 is 7.29 Å². The van der Waals surface area contributed by atoms with E-state index in [0.717, 1.165) is 0 Å². The van der Waals surface area contributed by atoms with Gasteiger partial charge in [0.05, 0.1) is 6.17 Å². The van der Waals surface area contributed by atoms with Crippen LogP contribution in [0.1, 0.15) is 6.92 Å². The van der Waals surface area contributed by atoms with Crippen LogP contribution in [-0.2, 0) is 4.57 Å². The van der Waals surface area contributed by atoms with Crippen LogP contribution < -0.4 is 5.73 Å². The van der Waals surface area contributed by atoms with Crippen molar-refractivity contribution in [2.75, 3.05) is 20.4 Å². The Morgan fingerprint density at radius 2 is 1.89 bits per heavy atom. The molecule has 4 heteroatoms. The van der Waals surface area contributed by atoms with Crippen LogP contribution in [0.25, 0.3) is 0 Å². The van der Waals surface area contributed by atoms with E-state index in [1.807, 2.05) is 6.92 Å². The standard InChI is InChI=1S/C5H15N2OP/c1-5(6)7(2)9(3,4)8/h5H,6H2,1-4H3. The molecule has 0 rings (SSSR count). The molecular weight excluding hydrogens is 135 g/mol. The highest BCUT2D eigenvalue weighted by atomic mass is 31.2. The van der Waals surface area contributed by atoms with E-state index in [-0.39, 0.29) is 6.17 Å². The van der Waals surface area contributed by atoms with Crippen molar-refractivity contribution in [3.8, 4) is 0 Å². The SMILES string of the molecule is CC(N)N(C)P(C)(C)=O. The first-order valence-electron chi connectivity index (χ1n) is 2.89. The van der Waals surface area contributed by atoms with E-state index in [4.69, 9.17) is 5.73 Å². The summed E-state index contributed by atoms with van der Waals surface area (Å²) in [4.78, 5) is 0. The molecule has 2 N–H and O–H groups in total. The highest BCUT2D eigenvalue weighted by Crippen LogP contribution is 2.39. The van der Waals surface area contributed by atoms with Crippen LogP contribution >= 0.6 is 7.29 Å². The summed E-state index contributed by atoms with van der Waals surface area (Å²) in [5.74, 6) is 0. The number of nitrogens with zero attached hydrogens (tertiary/aromatic N) is 1. The van der Waals surface area contributed by atoms with Crippen molar-refractivity contribution in [2.45, 2.75) is 13.1 Å². The first-order chi connectivity index (χ1) is 3.85. The van der Waals surface area contributed by atoms with E-state index in [0.29, 0.717) is 0 Å². The molecule has 0 radical (unpaired) electrons. The van der Waals surface area contributed by atoms with Gasteiger partial charge >= 0.3 is 0 Å². The van der Waals surface area contributed by atoms with Gasteiger partial charge in [0, 0.05) is 13.3 Å². The van der Waals surface area contributed by atoms with Gasteiger partial charge in [0.15, 0.2) is 0 Å². The van der Waals surface area contributed by atoms with E-state index in [1.54, 1.807) is 25.0 Å². The first-order valence-corrected chi connectivity index (χ1v) is 5.45. The third-order valence-electron chi connectivity index (χ3n) is 1.35. The van der Waals surface area contributed by atoms with Gasteiger partial charge in [-0.3, -0.25) is 0 Å². The fourth-order valence-corrected chi connectivity index (χ4v) is 1.32. The Balaban J connectivity index is 4.05. The minimum atomic E-state index is -2.10. The van der Waals surface area contributed by atoms with Gasteiger partial charge in [-0.15, -0.1) is 0 Å². The van der Waals surface area contributed by atoms with Crippen molar-refractivity contribution in [2.24, 2.45) is 5.73 Å². The van der Waals surface area contributed by atoms with Crippen LogP contribution in [-0.4, -0.2) is 31.2 Å². The monoisotopic (exact) mass is 150 g/mol. The Morgan fingerprint density at radius 3 is 1.89 bits per heavy atom. The van der Waals surface area contributed by atoms with Gasteiger partial charge in [0.25, 0.3) is 0 Å². The van der Waals surface area contributed by atoms with Crippen LogP contribution in [0.5, 0.6) is 0 Å². The van der Waals surface area contributed by atoms with E-state index in [2.05, 4.69) is 0 Å². The fourth-order valence-electron chi connectivity index (χ4n) is 0.439. The average molecular weight is 150 g/mol. The van der Waals surface area contributed by atoms with Crippen molar-refractivity contribution in [1.29, 1.82) is 0 Å². The Morgan fingerprint density at radius 1 is 1.56 bits per heavy atom. The van der Waals surface area contributed by atoms with Crippen LogP contribution in [0.15, 0.2) is 0 Å². The minimum Gasteiger partial charge on any atom is -0.316 e. The zero-order valence-electron chi connectivity index (χ0n) is 6.46. The molecule has 0 saturated heterocycles. The van der Waals surface area contributed by atoms with Crippen LogP contribution in [0, 0.1) is 0 Å². The molecule has 0 aromatic heterocycles. The molecule has 1 unspecified atom stereocenters. The van der Waals surface area contributed by atoms with Crippen molar-refractivity contribution < 1.29 is 4.57 Å². The Bertz CT molecular complexity index is 129. The summed E-state index contributed by atoms with van der Waals surface area (Å²) in [5.41, 5.74) is 5.48. The molecule has 0 aliphatic rings. The van der Waals surface area contributed by atoms with Gasteiger partial charge in [0.1, 0.15) is 7.29 Å². The van der Waals surface area contributed by atoms with Gasteiger partial charge in [-0.25, -0.2) is 4.67 Å². The minimum absolute atomic E-state index is 0.120. The van der Waals surface area contributed by atoms with Crippen LogP contribution in [0.3, 0.4) is 0 Å². The molecule has 0 aliphatic carbocycles. The van der Waals surface area contributed by atoms with Gasteiger partial charge < -0.3 is 10.3 Å². The molecule has 0 aromatic rings. The summed E-state index contributed by atoms with van der Waals surface area (Å²) in [6.07, 6.45) is -0.120. The molecule has 0 saturated carbocycles. The number of nitrogens with two attached hydrogens (primary N) is 1. The van der Waals surface area contributed by atoms with Gasteiger partial charge in [0.2, 0.25) is 0 Å². The Hall–Kier alpha value is 0.150. The molecule has 0 aliphatic heterocycles. The summed E-state index contributed by atoms with van der Waals surface area (Å²) in [6, 6.07) is 0. The van der Waals surface area contributed by atoms with Crippen molar-refractivity contribution in [1.82, 2.24) is 4.67 Å². The normalized spacial score (nSPS) is 16.2. The molecule has 0 spiro atoms. The van der Waals surface area contributed by atoms with Crippen molar-refractivity contribution in [3.05, 3.63) is 0 Å². The molecule has 0 bridgehead atoms. The highest BCUT2D eigenvalue weighted by Gasteiger charge is 2.16. The van der Waals surface area contributed by atoms with Gasteiger partial charge in [-0.05, 0) is 14.0 Å². The number of hydrogen-bond acceptors (Lipinski definition) is 2. The van der Waals surface area contributed by atoms with E-state index >= 15 is 0 Å². The maximum absolute atomic E-state index is 11.2. The maximum Gasteiger partial charge on any atom is 0.145 e. The quantitative estimate of drug-likeness (QED) is 0.467. The Labute approximate surface area is 56.6 Å². The van der Waals surface area contributed by atoms with E-state index in [9.17, 15) is 4.57 Å².